The molecule has 0 spiro atoms. The Kier molecular flexibility index (Phi) is 7.05. The minimum Gasteiger partial charge on any atom is -0.445 e. The van der Waals surface area contributed by atoms with Crippen LogP contribution in [0.1, 0.15) is 6.92 Å². The molecule has 0 unspecified atom stereocenters. The third kappa shape index (κ3) is 5.26. The summed E-state index contributed by atoms with van der Waals surface area (Å²) in [7, 11) is 0. The van der Waals surface area contributed by atoms with Crippen molar-refractivity contribution in [2.45, 2.75) is 6.92 Å². The van der Waals surface area contributed by atoms with Crippen LogP contribution in [0.2, 0.25) is 5.02 Å². The normalized spacial score (nSPS) is 9.92. The van der Waals surface area contributed by atoms with E-state index in [4.69, 9.17) is 21.1 Å². The van der Waals surface area contributed by atoms with Crippen LogP contribution in [0, 0.1) is 0 Å². The summed E-state index contributed by atoms with van der Waals surface area (Å²) in [5.74, 6) is 0.280. The minimum absolute atomic E-state index is 0.101. The Balaban J connectivity index is 2.08. The second-order valence-corrected chi connectivity index (χ2v) is 5.51. The van der Waals surface area contributed by atoms with Gasteiger partial charge in [-0.3, -0.25) is 10.2 Å². The first-order valence-corrected chi connectivity index (χ1v) is 8.31. The highest BCUT2D eigenvalue weighted by Crippen LogP contribution is 2.26. The number of nitrogens with one attached hydrogen (secondary N) is 1. The van der Waals surface area contributed by atoms with Gasteiger partial charge in [0.1, 0.15) is 12.4 Å². The predicted molar refractivity (Wildman–Crippen MR) is 102 cm³/mol. The minimum atomic E-state index is -0.625. The average molecular weight is 375 g/mol. The van der Waals surface area contributed by atoms with Gasteiger partial charge < -0.3 is 9.47 Å². The molecule has 0 atom stereocenters. The summed E-state index contributed by atoms with van der Waals surface area (Å²) in [6, 6.07) is 13.4. The molecule has 0 saturated carbocycles. The lowest BCUT2D eigenvalue weighted by Gasteiger charge is -2.21. The van der Waals surface area contributed by atoms with Gasteiger partial charge in [0.15, 0.2) is 0 Å². The molecule has 136 valence electrons. The summed E-state index contributed by atoms with van der Waals surface area (Å²) in [5.41, 5.74) is 0.995. The molecule has 7 heteroatoms. The maximum Gasteiger partial charge on any atom is 0.419 e. The lowest BCUT2D eigenvalue weighted by molar-refractivity contribution is 0.174. The topological polar surface area (TPSA) is 67.9 Å². The number of carbonyl (C=O) groups excluding carboxylic acids is 2. The molecule has 0 saturated heterocycles. The van der Waals surface area contributed by atoms with Crippen molar-refractivity contribution < 1.29 is 19.1 Å². The molecule has 2 aromatic rings. The zero-order valence-electron chi connectivity index (χ0n) is 14.3. The van der Waals surface area contributed by atoms with Crippen molar-refractivity contribution in [3.8, 4) is 5.75 Å². The molecule has 0 fully saturated rings. The number of amides is 2. The Labute approximate surface area is 157 Å². The smallest absolute Gasteiger partial charge is 0.419 e. The van der Waals surface area contributed by atoms with Gasteiger partial charge in [-0.1, -0.05) is 42.5 Å². The fourth-order valence-electron chi connectivity index (χ4n) is 2.15. The molecule has 2 rings (SSSR count). The Morgan fingerprint density at radius 3 is 2.69 bits per heavy atom. The zero-order valence-corrected chi connectivity index (χ0v) is 15.0. The Hall–Kier alpha value is -2.99. The number of anilines is 2. The molecule has 2 aromatic carbocycles. The highest BCUT2D eigenvalue weighted by Gasteiger charge is 2.18. The third-order valence-electron chi connectivity index (χ3n) is 3.30. The summed E-state index contributed by atoms with van der Waals surface area (Å²) in [6.45, 7) is 5.77. The quantitative estimate of drug-likeness (QED) is 0.714. The largest absolute Gasteiger partial charge is 0.445 e. The number of rotatable bonds is 6. The fourth-order valence-corrected chi connectivity index (χ4v) is 2.39. The van der Waals surface area contributed by atoms with Gasteiger partial charge in [0.2, 0.25) is 0 Å². The molecule has 6 nitrogen and oxygen atoms in total. The van der Waals surface area contributed by atoms with E-state index in [1.165, 1.54) is 17.0 Å². The summed E-state index contributed by atoms with van der Waals surface area (Å²) in [6.07, 6.45) is 0.262. The van der Waals surface area contributed by atoms with Gasteiger partial charge in [-0.25, -0.2) is 9.59 Å². The van der Waals surface area contributed by atoms with Crippen molar-refractivity contribution in [1.29, 1.82) is 0 Å². The molecular formula is C19H19ClN2O4. The average Bonchev–Trinajstić information content (AvgIpc) is 2.62. The molecule has 0 aromatic heterocycles. The number of para-hydroxylation sites is 1. The molecular weight excluding hydrogens is 356 g/mol. The standard InChI is InChI=1S/C19H19ClN2O4/c1-3-12-25-18(23)21-14-8-7-9-15(13-14)26-19(24)22(4-2)17-11-6-5-10-16(17)20/h3,5-11,13H,1,4,12H2,2H3,(H,21,23). The zero-order chi connectivity index (χ0) is 18.9. The number of benzene rings is 2. The highest BCUT2D eigenvalue weighted by atomic mass is 35.5. The highest BCUT2D eigenvalue weighted by molar-refractivity contribution is 6.33. The Morgan fingerprint density at radius 2 is 2.00 bits per heavy atom. The number of hydrogen-bond acceptors (Lipinski definition) is 4. The van der Waals surface area contributed by atoms with Crippen LogP contribution in [0.15, 0.2) is 61.2 Å². The van der Waals surface area contributed by atoms with Crippen molar-refractivity contribution in [1.82, 2.24) is 0 Å². The monoisotopic (exact) mass is 374 g/mol. The fraction of sp³-hybridized carbons (Fsp3) is 0.158. The molecule has 1 N–H and O–H groups in total. The first kappa shape index (κ1) is 19.3. The number of carbonyl (C=O) groups is 2. The molecule has 2 amide bonds. The molecule has 0 bridgehead atoms. The number of hydrogen-bond donors (Lipinski definition) is 1. The van der Waals surface area contributed by atoms with E-state index in [0.29, 0.717) is 22.9 Å². The Morgan fingerprint density at radius 1 is 1.23 bits per heavy atom. The van der Waals surface area contributed by atoms with Crippen LogP contribution in [-0.4, -0.2) is 25.3 Å². The van der Waals surface area contributed by atoms with E-state index in [9.17, 15) is 9.59 Å². The van der Waals surface area contributed by atoms with E-state index in [0.717, 1.165) is 0 Å². The maximum absolute atomic E-state index is 12.5. The van der Waals surface area contributed by atoms with Gasteiger partial charge in [0, 0.05) is 18.3 Å². The summed E-state index contributed by atoms with van der Waals surface area (Å²) in [5, 5.41) is 2.99. The number of ether oxygens (including phenoxy) is 2. The van der Waals surface area contributed by atoms with Crippen molar-refractivity contribution in [3.63, 3.8) is 0 Å². The summed E-state index contributed by atoms with van der Waals surface area (Å²) >= 11 is 6.15. The molecule has 0 radical (unpaired) electrons. The van der Waals surface area contributed by atoms with Crippen LogP contribution in [0.3, 0.4) is 0 Å². The van der Waals surface area contributed by atoms with Crippen LogP contribution >= 0.6 is 11.6 Å². The van der Waals surface area contributed by atoms with Crippen molar-refractivity contribution in [2.75, 3.05) is 23.4 Å². The maximum atomic E-state index is 12.5. The summed E-state index contributed by atoms with van der Waals surface area (Å²) in [4.78, 5) is 25.5. The van der Waals surface area contributed by atoms with Crippen molar-refractivity contribution >= 4 is 35.2 Å². The van der Waals surface area contributed by atoms with Crippen molar-refractivity contribution in [2.24, 2.45) is 0 Å². The Bertz CT molecular complexity index is 795. The van der Waals surface area contributed by atoms with Crippen LogP contribution < -0.4 is 15.0 Å². The van der Waals surface area contributed by atoms with Crippen LogP contribution in [0.5, 0.6) is 5.75 Å². The molecule has 26 heavy (non-hydrogen) atoms. The van der Waals surface area contributed by atoms with E-state index in [1.54, 1.807) is 42.5 Å². The van der Waals surface area contributed by atoms with Gasteiger partial charge in [-0.05, 0) is 31.2 Å². The first-order chi connectivity index (χ1) is 12.5. The first-order valence-electron chi connectivity index (χ1n) is 7.93. The van der Waals surface area contributed by atoms with E-state index < -0.39 is 12.2 Å². The van der Waals surface area contributed by atoms with E-state index in [1.807, 2.05) is 6.92 Å². The van der Waals surface area contributed by atoms with E-state index in [2.05, 4.69) is 11.9 Å². The third-order valence-corrected chi connectivity index (χ3v) is 3.62. The molecule has 0 aliphatic carbocycles. The van der Waals surface area contributed by atoms with E-state index >= 15 is 0 Å². The van der Waals surface area contributed by atoms with Crippen LogP contribution in [0.4, 0.5) is 21.0 Å². The number of nitrogens with zero attached hydrogens (tertiary/aromatic N) is 1. The van der Waals surface area contributed by atoms with E-state index in [-0.39, 0.29) is 12.4 Å². The van der Waals surface area contributed by atoms with Gasteiger partial charge in [-0.2, -0.15) is 0 Å². The second-order valence-electron chi connectivity index (χ2n) is 5.10. The van der Waals surface area contributed by atoms with Crippen molar-refractivity contribution in [3.05, 3.63) is 66.2 Å². The number of halogens is 1. The van der Waals surface area contributed by atoms with Gasteiger partial charge >= 0.3 is 12.2 Å². The summed E-state index contributed by atoms with van der Waals surface area (Å²) < 4.78 is 10.2. The van der Waals surface area contributed by atoms with Gasteiger partial charge in [-0.15, -0.1) is 0 Å². The predicted octanol–water partition coefficient (Wildman–Crippen LogP) is 5.10. The second kappa shape index (κ2) is 9.48. The van der Waals surface area contributed by atoms with Crippen LogP contribution in [-0.2, 0) is 4.74 Å². The van der Waals surface area contributed by atoms with Gasteiger partial charge in [0.25, 0.3) is 0 Å². The molecule has 0 aliphatic rings. The van der Waals surface area contributed by atoms with Crippen LogP contribution in [0.25, 0.3) is 0 Å². The molecule has 0 heterocycles. The van der Waals surface area contributed by atoms with Gasteiger partial charge in [0.05, 0.1) is 10.7 Å². The SMILES string of the molecule is C=CCOC(=O)Nc1cccc(OC(=O)N(CC)c2ccccc2Cl)c1. The molecule has 0 aliphatic heterocycles. The lowest BCUT2D eigenvalue weighted by atomic mass is 10.3. The lowest BCUT2D eigenvalue weighted by Crippen LogP contribution is -2.33.